The molecule has 0 aromatic heterocycles. The normalized spacial score (nSPS) is 27.4. The van der Waals surface area contributed by atoms with E-state index in [1.54, 1.807) is 0 Å². The summed E-state index contributed by atoms with van der Waals surface area (Å²) in [7, 11) is 2.26. The quantitative estimate of drug-likeness (QED) is 0.545. The number of aliphatic imine (C=N–C) groups is 1. The first-order valence-corrected chi connectivity index (χ1v) is 7.67. The zero-order valence-electron chi connectivity index (χ0n) is 13.7. The lowest BCUT2D eigenvalue weighted by atomic mass is 9.80. The number of allylic oxidation sites excluding steroid dienone is 1. The molecular weight excluding hydrogens is 232 g/mol. The van der Waals surface area contributed by atoms with Gasteiger partial charge in [-0.15, -0.1) is 0 Å². The minimum absolute atomic E-state index is 0.230. The lowest BCUT2D eigenvalue weighted by Crippen LogP contribution is -2.48. The van der Waals surface area contributed by atoms with E-state index in [0.717, 1.165) is 0 Å². The highest BCUT2D eigenvalue weighted by molar-refractivity contribution is 5.25. The largest absolute Gasteiger partial charge is 0.296 e. The Labute approximate surface area is 120 Å². The molecule has 0 saturated heterocycles. The van der Waals surface area contributed by atoms with Gasteiger partial charge in [0.25, 0.3) is 0 Å². The second-order valence-electron chi connectivity index (χ2n) is 6.94. The molecule has 1 aliphatic carbocycles. The maximum absolute atomic E-state index is 4.37. The van der Waals surface area contributed by atoms with E-state index in [0.29, 0.717) is 18.1 Å². The molecule has 0 aromatic carbocycles. The molecule has 0 amide bonds. The van der Waals surface area contributed by atoms with Crippen molar-refractivity contribution in [3.63, 3.8) is 0 Å². The molecule has 0 N–H and O–H groups in total. The lowest BCUT2D eigenvalue weighted by Gasteiger charge is -2.42. The van der Waals surface area contributed by atoms with E-state index < -0.39 is 0 Å². The maximum atomic E-state index is 4.37. The second-order valence-corrected chi connectivity index (χ2v) is 6.94. The van der Waals surface area contributed by atoms with Gasteiger partial charge in [0, 0.05) is 12.1 Å². The SMILES string of the molecule is C=N[C@@H]1CCCC[C@H]1N(C)C(C)/C(=C\C)C(C)(C)C. The fraction of sp³-hybridized carbons (Fsp3) is 0.824. The van der Waals surface area contributed by atoms with Crippen molar-refractivity contribution in [3.05, 3.63) is 11.6 Å². The first-order chi connectivity index (χ1) is 8.82. The van der Waals surface area contributed by atoms with Gasteiger partial charge in [-0.05, 0) is 45.9 Å². The zero-order chi connectivity index (χ0) is 14.6. The molecule has 2 heteroatoms. The van der Waals surface area contributed by atoms with Crippen molar-refractivity contribution in [1.82, 2.24) is 4.90 Å². The Hall–Kier alpha value is -0.630. The molecule has 1 aliphatic rings. The van der Waals surface area contributed by atoms with Gasteiger partial charge in [-0.3, -0.25) is 9.89 Å². The zero-order valence-corrected chi connectivity index (χ0v) is 13.7. The Balaban J connectivity index is 2.85. The van der Waals surface area contributed by atoms with Crippen LogP contribution in [0.2, 0.25) is 0 Å². The van der Waals surface area contributed by atoms with Crippen LogP contribution in [0.25, 0.3) is 0 Å². The minimum Gasteiger partial charge on any atom is -0.296 e. The van der Waals surface area contributed by atoms with E-state index >= 15 is 0 Å². The van der Waals surface area contributed by atoms with Crippen LogP contribution in [0.1, 0.15) is 60.3 Å². The second kappa shape index (κ2) is 6.69. The van der Waals surface area contributed by atoms with E-state index in [2.05, 4.69) is 64.4 Å². The van der Waals surface area contributed by atoms with Crippen LogP contribution in [0.15, 0.2) is 16.6 Å². The van der Waals surface area contributed by atoms with Crippen molar-refractivity contribution in [2.24, 2.45) is 10.4 Å². The fourth-order valence-corrected chi connectivity index (χ4v) is 3.59. The molecule has 1 unspecified atom stereocenters. The van der Waals surface area contributed by atoms with Crippen molar-refractivity contribution in [2.75, 3.05) is 7.05 Å². The van der Waals surface area contributed by atoms with Crippen LogP contribution >= 0.6 is 0 Å². The van der Waals surface area contributed by atoms with E-state index in [-0.39, 0.29) is 5.41 Å². The minimum atomic E-state index is 0.230. The summed E-state index contributed by atoms with van der Waals surface area (Å²) in [4.78, 5) is 6.90. The standard InChI is InChI=1S/C17H32N2/c1-8-14(17(3,4)5)13(2)19(7)16-12-10-9-11-15(16)18-6/h8,13,15-16H,6,9-12H2,1-5,7H3/b14-8+/t13?,15-,16-/m1/s1. The maximum Gasteiger partial charge on any atom is 0.0647 e. The Bertz CT molecular complexity index is 325. The molecular formula is C17H32N2. The first-order valence-electron chi connectivity index (χ1n) is 7.67. The predicted octanol–water partition coefficient (Wildman–Crippen LogP) is 4.31. The first kappa shape index (κ1) is 16.4. The monoisotopic (exact) mass is 264 g/mol. The highest BCUT2D eigenvalue weighted by atomic mass is 15.2. The van der Waals surface area contributed by atoms with Gasteiger partial charge < -0.3 is 0 Å². The molecule has 3 atom stereocenters. The van der Waals surface area contributed by atoms with Crippen LogP contribution in [0.4, 0.5) is 0 Å². The molecule has 110 valence electrons. The molecule has 0 heterocycles. The molecule has 19 heavy (non-hydrogen) atoms. The van der Waals surface area contributed by atoms with Crippen molar-refractivity contribution in [1.29, 1.82) is 0 Å². The van der Waals surface area contributed by atoms with Crippen molar-refractivity contribution in [3.8, 4) is 0 Å². The van der Waals surface area contributed by atoms with Crippen LogP contribution < -0.4 is 0 Å². The predicted molar refractivity (Wildman–Crippen MR) is 86.0 cm³/mol. The Morgan fingerprint density at radius 2 is 1.89 bits per heavy atom. The van der Waals surface area contributed by atoms with E-state index in [9.17, 15) is 0 Å². The summed E-state index contributed by atoms with van der Waals surface area (Å²) >= 11 is 0. The molecule has 0 spiro atoms. The highest BCUT2D eigenvalue weighted by Crippen LogP contribution is 2.33. The van der Waals surface area contributed by atoms with E-state index in [1.807, 2.05) is 0 Å². The molecule has 0 aromatic rings. The lowest BCUT2D eigenvalue weighted by molar-refractivity contribution is 0.135. The summed E-state index contributed by atoms with van der Waals surface area (Å²) in [5, 5.41) is 0. The number of likely N-dealkylation sites (N-methyl/N-ethyl adjacent to an activating group) is 1. The molecule has 0 bridgehead atoms. The smallest absolute Gasteiger partial charge is 0.0647 e. The topological polar surface area (TPSA) is 15.6 Å². The summed E-state index contributed by atoms with van der Waals surface area (Å²) in [6.45, 7) is 15.2. The van der Waals surface area contributed by atoms with Crippen LogP contribution in [0.3, 0.4) is 0 Å². The van der Waals surface area contributed by atoms with E-state index in [1.165, 1.54) is 31.3 Å². The fourth-order valence-electron chi connectivity index (χ4n) is 3.59. The third-order valence-electron chi connectivity index (χ3n) is 4.69. The Morgan fingerprint density at radius 3 is 2.37 bits per heavy atom. The molecule has 1 rings (SSSR count). The van der Waals surface area contributed by atoms with Gasteiger partial charge in [-0.25, -0.2) is 0 Å². The highest BCUT2D eigenvalue weighted by Gasteiger charge is 2.33. The number of hydrogen-bond donors (Lipinski definition) is 0. The van der Waals surface area contributed by atoms with Gasteiger partial charge in [0.15, 0.2) is 0 Å². The van der Waals surface area contributed by atoms with Crippen molar-refractivity contribution < 1.29 is 0 Å². The van der Waals surface area contributed by atoms with E-state index in [4.69, 9.17) is 0 Å². The van der Waals surface area contributed by atoms with Gasteiger partial charge >= 0.3 is 0 Å². The van der Waals surface area contributed by atoms with Gasteiger partial charge in [-0.1, -0.05) is 45.3 Å². The molecule has 1 fully saturated rings. The Kier molecular flexibility index (Phi) is 5.79. The summed E-state index contributed by atoms with van der Waals surface area (Å²) in [6, 6.07) is 1.44. The van der Waals surface area contributed by atoms with Crippen molar-refractivity contribution >= 4 is 6.72 Å². The third kappa shape index (κ3) is 3.92. The van der Waals surface area contributed by atoms with Crippen LogP contribution in [-0.2, 0) is 0 Å². The molecule has 0 aliphatic heterocycles. The van der Waals surface area contributed by atoms with Gasteiger partial charge in [0.1, 0.15) is 0 Å². The Morgan fingerprint density at radius 1 is 1.32 bits per heavy atom. The van der Waals surface area contributed by atoms with Crippen molar-refractivity contribution in [2.45, 2.75) is 78.4 Å². The summed E-state index contributed by atoms with van der Waals surface area (Å²) in [5.41, 5.74) is 1.75. The molecule has 1 saturated carbocycles. The average molecular weight is 264 g/mol. The number of hydrogen-bond acceptors (Lipinski definition) is 2. The van der Waals surface area contributed by atoms with Crippen LogP contribution in [0, 0.1) is 5.41 Å². The molecule has 0 radical (unpaired) electrons. The van der Waals surface area contributed by atoms with Gasteiger partial charge in [0.2, 0.25) is 0 Å². The molecule has 2 nitrogen and oxygen atoms in total. The average Bonchev–Trinajstić information content (AvgIpc) is 2.36. The third-order valence-corrected chi connectivity index (χ3v) is 4.69. The summed E-state index contributed by atoms with van der Waals surface area (Å²) < 4.78 is 0. The number of rotatable bonds is 4. The summed E-state index contributed by atoms with van der Waals surface area (Å²) in [5.74, 6) is 0. The van der Waals surface area contributed by atoms with Crippen LogP contribution in [-0.4, -0.2) is 36.8 Å². The van der Waals surface area contributed by atoms with Crippen LogP contribution in [0.5, 0.6) is 0 Å². The summed E-state index contributed by atoms with van der Waals surface area (Å²) in [6.07, 6.45) is 7.38. The van der Waals surface area contributed by atoms with Gasteiger partial charge in [-0.2, -0.15) is 0 Å². The number of nitrogens with zero attached hydrogens (tertiary/aromatic N) is 2. The van der Waals surface area contributed by atoms with Gasteiger partial charge in [0.05, 0.1) is 6.04 Å².